The minimum Gasteiger partial charge on any atom is -0.427 e. The summed E-state index contributed by atoms with van der Waals surface area (Å²) in [7, 11) is 1.57. The van der Waals surface area contributed by atoms with Gasteiger partial charge in [0.05, 0.1) is 17.6 Å². The van der Waals surface area contributed by atoms with Gasteiger partial charge in [-0.1, -0.05) is 0 Å². The molecule has 0 aliphatic rings. The molecule has 0 fully saturated rings. The predicted octanol–water partition coefficient (Wildman–Crippen LogP) is 2.57. The quantitative estimate of drug-likeness (QED) is 0.601. The van der Waals surface area contributed by atoms with Gasteiger partial charge in [0.1, 0.15) is 5.82 Å². The van der Waals surface area contributed by atoms with Crippen molar-refractivity contribution in [1.29, 1.82) is 0 Å². The van der Waals surface area contributed by atoms with Crippen LogP contribution in [0.25, 0.3) is 0 Å². The van der Waals surface area contributed by atoms with Crippen LogP contribution in [0.4, 0.5) is 10.1 Å². The Labute approximate surface area is 117 Å². The summed E-state index contributed by atoms with van der Waals surface area (Å²) in [4.78, 5) is 13.9. The second kappa shape index (κ2) is 6.35. The molecule has 0 saturated heterocycles. The topological polar surface area (TPSA) is 87.4 Å². The van der Waals surface area contributed by atoms with Crippen LogP contribution in [0.1, 0.15) is 5.82 Å². The predicted molar refractivity (Wildman–Crippen MR) is 68.6 cm³/mol. The van der Waals surface area contributed by atoms with Crippen molar-refractivity contribution in [2.45, 2.75) is 6.42 Å². The van der Waals surface area contributed by atoms with Crippen LogP contribution >= 0.6 is 11.5 Å². The Kier molecular flexibility index (Phi) is 4.53. The summed E-state index contributed by atoms with van der Waals surface area (Å²) in [5.41, 5.74) is -0.340. The SMILES string of the molecule is COCCc1nsc(Oc2ccc([N+](=O)[O-])cc2F)n1. The first-order chi connectivity index (χ1) is 9.60. The fourth-order valence-corrected chi connectivity index (χ4v) is 1.94. The zero-order chi connectivity index (χ0) is 14.5. The molecule has 0 spiro atoms. The molecule has 1 heterocycles. The average Bonchev–Trinajstić information content (AvgIpc) is 2.86. The number of methoxy groups -OCH3 is 1. The molecule has 0 bridgehead atoms. The Morgan fingerprint density at radius 1 is 1.50 bits per heavy atom. The molecule has 0 atom stereocenters. The maximum Gasteiger partial charge on any atom is 0.298 e. The molecule has 0 N–H and O–H groups in total. The van der Waals surface area contributed by atoms with Gasteiger partial charge in [-0.2, -0.15) is 9.36 Å². The average molecular weight is 299 g/mol. The lowest BCUT2D eigenvalue weighted by Gasteiger charge is -2.02. The number of halogens is 1. The first-order valence-corrected chi connectivity index (χ1v) is 6.31. The molecule has 0 aliphatic heterocycles. The summed E-state index contributed by atoms with van der Waals surface area (Å²) < 4.78 is 27.7. The zero-order valence-electron chi connectivity index (χ0n) is 10.4. The molecule has 20 heavy (non-hydrogen) atoms. The standard InChI is InChI=1S/C11H10FN3O4S/c1-18-5-4-10-13-11(20-14-10)19-9-3-2-7(15(16)17)6-8(9)12/h2-3,6H,4-5H2,1H3. The second-order valence-electron chi connectivity index (χ2n) is 3.69. The number of benzene rings is 1. The Bertz CT molecular complexity index is 619. The third kappa shape index (κ3) is 3.45. The van der Waals surface area contributed by atoms with Gasteiger partial charge >= 0.3 is 0 Å². The number of nitrogens with zero attached hydrogens (tertiary/aromatic N) is 3. The number of nitro groups is 1. The lowest BCUT2D eigenvalue weighted by molar-refractivity contribution is -0.385. The molecule has 0 saturated carbocycles. The highest BCUT2D eigenvalue weighted by Gasteiger charge is 2.14. The van der Waals surface area contributed by atoms with Gasteiger partial charge in [0.15, 0.2) is 11.6 Å². The third-order valence-electron chi connectivity index (χ3n) is 2.30. The molecule has 1 aromatic heterocycles. The van der Waals surface area contributed by atoms with E-state index in [0.29, 0.717) is 18.9 Å². The number of nitro benzene ring substituents is 1. The summed E-state index contributed by atoms with van der Waals surface area (Å²) in [6.45, 7) is 0.474. The molecule has 9 heteroatoms. The summed E-state index contributed by atoms with van der Waals surface area (Å²) in [6.07, 6.45) is 0.527. The van der Waals surface area contributed by atoms with Crippen molar-refractivity contribution in [3.8, 4) is 10.9 Å². The van der Waals surface area contributed by atoms with Crippen molar-refractivity contribution < 1.29 is 18.8 Å². The van der Waals surface area contributed by atoms with E-state index in [0.717, 1.165) is 23.7 Å². The van der Waals surface area contributed by atoms with Crippen LogP contribution in [0, 0.1) is 15.9 Å². The molecule has 2 aromatic rings. The fraction of sp³-hybridized carbons (Fsp3) is 0.273. The monoisotopic (exact) mass is 299 g/mol. The van der Waals surface area contributed by atoms with Crippen molar-refractivity contribution in [3.05, 3.63) is 40.0 Å². The van der Waals surface area contributed by atoms with Gasteiger partial charge in [-0.15, -0.1) is 0 Å². The third-order valence-corrected chi connectivity index (χ3v) is 2.94. The van der Waals surface area contributed by atoms with Crippen LogP contribution < -0.4 is 4.74 Å². The lowest BCUT2D eigenvalue weighted by Crippen LogP contribution is -1.96. The zero-order valence-corrected chi connectivity index (χ0v) is 11.2. The van der Waals surface area contributed by atoms with E-state index in [9.17, 15) is 14.5 Å². The summed E-state index contributed by atoms with van der Waals surface area (Å²) in [6, 6.07) is 3.14. The number of rotatable bonds is 6. The van der Waals surface area contributed by atoms with Crippen LogP contribution in [0.5, 0.6) is 10.9 Å². The van der Waals surface area contributed by atoms with E-state index in [1.807, 2.05) is 0 Å². The van der Waals surface area contributed by atoms with Crippen LogP contribution in [0.2, 0.25) is 0 Å². The highest BCUT2D eigenvalue weighted by molar-refractivity contribution is 7.07. The van der Waals surface area contributed by atoms with Gasteiger partial charge in [-0.25, -0.2) is 4.39 Å². The number of non-ortho nitro benzene ring substituents is 1. The van der Waals surface area contributed by atoms with Crippen molar-refractivity contribution in [2.75, 3.05) is 13.7 Å². The molecule has 7 nitrogen and oxygen atoms in total. The number of aromatic nitrogens is 2. The van der Waals surface area contributed by atoms with Gasteiger partial charge in [0, 0.05) is 31.1 Å². The highest BCUT2D eigenvalue weighted by Crippen LogP contribution is 2.28. The van der Waals surface area contributed by atoms with Crippen molar-refractivity contribution in [3.63, 3.8) is 0 Å². The Balaban J connectivity index is 2.09. The van der Waals surface area contributed by atoms with E-state index in [1.54, 1.807) is 7.11 Å². The Hall–Kier alpha value is -2.13. The van der Waals surface area contributed by atoms with Crippen LogP contribution in [0.15, 0.2) is 18.2 Å². The van der Waals surface area contributed by atoms with Crippen LogP contribution in [0.3, 0.4) is 0 Å². The molecule has 2 rings (SSSR count). The smallest absolute Gasteiger partial charge is 0.298 e. The largest absolute Gasteiger partial charge is 0.427 e. The van der Waals surface area contributed by atoms with Crippen molar-refractivity contribution in [2.24, 2.45) is 0 Å². The molecule has 0 radical (unpaired) electrons. The van der Waals surface area contributed by atoms with Gasteiger partial charge in [0.25, 0.3) is 10.9 Å². The van der Waals surface area contributed by atoms with Gasteiger partial charge in [-0.3, -0.25) is 10.1 Å². The molecule has 0 unspecified atom stereocenters. The van der Waals surface area contributed by atoms with E-state index in [2.05, 4.69) is 9.36 Å². The van der Waals surface area contributed by atoms with Gasteiger partial charge < -0.3 is 9.47 Å². The first-order valence-electron chi connectivity index (χ1n) is 5.53. The number of hydrogen-bond acceptors (Lipinski definition) is 7. The summed E-state index contributed by atoms with van der Waals surface area (Å²) >= 11 is 0.975. The molecular formula is C11H10FN3O4S. The van der Waals surface area contributed by atoms with E-state index >= 15 is 0 Å². The van der Waals surface area contributed by atoms with E-state index in [-0.39, 0.29) is 16.6 Å². The van der Waals surface area contributed by atoms with Gasteiger partial charge in [-0.05, 0) is 6.07 Å². The summed E-state index contributed by atoms with van der Waals surface area (Å²) in [5.74, 6) is -0.424. The Morgan fingerprint density at radius 3 is 2.95 bits per heavy atom. The maximum atomic E-state index is 13.6. The second-order valence-corrected chi connectivity index (χ2v) is 4.41. The molecule has 0 aliphatic carbocycles. The minimum absolute atomic E-state index is 0.134. The number of hydrogen-bond donors (Lipinski definition) is 0. The van der Waals surface area contributed by atoms with Gasteiger partial charge in [0.2, 0.25) is 0 Å². The minimum atomic E-state index is -0.826. The fourth-order valence-electron chi connectivity index (χ4n) is 1.35. The van der Waals surface area contributed by atoms with E-state index in [1.165, 1.54) is 6.07 Å². The number of ether oxygens (including phenoxy) is 2. The molecular weight excluding hydrogens is 289 g/mol. The normalized spacial score (nSPS) is 10.5. The molecule has 1 aromatic carbocycles. The maximum absolute atomic E-state index is 13.6. The molecule has 106 valence electrons. The van der Waals surface area contributed by atoms with Crippen molar-refractivity contribution in [1.82, 2.24) is 9.36 Å². The van der Waals surface area contributed by atoms with Crippen LogP contribution in [-0.4, -0.2) is 28.0 Å². The summed E-state index contributed by atoms with van der Waals surface area (Å²) in [5, 5.41) is 10.7. The highest BCUT2D eigenvalue weighted by atomic mass is 32.1. The van der Waals surface area contributed by atoms with Crippen molar-refractivity contribution >= 4 is 17.2 Å². The Morgan fingerprint density at radius 2 is 2.30 bits per heavy atom. The first kappa shape index (κ1) is 14.3. The van der Waals surface area contributed by atoms with Crippen LogP contribution in [-0.2, 0) is 11.2 Å². The molecule has 0 amide bonds. The van der Waals surface area contributed by atoms with E-state index in [4.69, 9.17) is 9.47 Å². The lowest BCUT2D eigenvalue weighted by atomic mass is 10.3. The van der Waals surface area contributed by atoms with E-state index < -0.39 is 10.7 Å².